The number of hydrogen-bond donors (Lipinski definition) is 2. The molecule has 0 amide bonds. The number of ether oxygens (including phenoxy) is 2. The molecule has 312 valence electrons. The highest BCUT2D eigenvalue weighted by Gasteiger charge is 2.25. The maximum absolute atomic E-state index is 12.6. The van der Waals surface area contributed by atoms with Crippen molar-refractivity contribution in [1.29, 1.82) is 0 Å². The zero-order valence-electron chi connectivity index (χ0n) is 34.4. The lowest BCUT2D eigenvalue weighted by Gasteiger charge is -2.20. The van der Waals surface area contributed by atoms with Gasteiger partial charge in [0, 0.05) is 19.6 Å². The van der Waals surface area contributed by atoms with Crippen molar-refractivity contribution in [2.24, 2.45) is 5.73 Å². The number of esters is 1. The fourth-order valence-corrected chi connectivity index (χ4v) is 6.31. The van der Waals surface area contributed by atoms with Crippen LogP contribution >= 0.6 is 7.82 Å². The van der Waals surface area contributed by atoms with Crippen molar-refractivity contribution in [1.82, 2.24) is 0 Å². The van der Waals surface area contributed by atoms with Gasteiger partial charge in [-0.3, -0.25) is 13.8 Å². The monoisotopic (exact) mass is 778 g/mol. The summed E-state index contributed by atoms with van der Waals surface area (Å²) in [6.45, 7) is 4.64. The molecule has 0 heterocycles. The summed E-state index contributed by atoms with van der Waals surface area (Å²) in [7, 11) is -4.29. The molecule has 0 saturated heterocycles. The molecule has 0 saturated carbocycles. The molecule has 2 atom stereocenters. The van der Waals surface area contributed by atoms with Crippen LogP contribution in [0.2, 0.25) is 0 Å². The Bertz CT molecular complexity index is 1050. The van der Waals surface area contributed by atoms with Crippen LogP contribution in [0.1, 0.15) is 168 Å². The summed E-state index contributed by atoms with van der Waals surface area (Å²) in [6.07, 6.45) is 52.2. The number of phosphoric ester groups is 1. The van der Waals surface area contributed by atoms with Crippen LogP contribution in [0.3, 0.4) is 0 Å². The number of carbonyl (C=O) groups is 1. The van der Waals surface area contributed by atoms with Crippen LogP contribution in [-0.4, -0.2) is 49.9 Å². The molecule has 2 unspecified atom stereocenters. The molecule has 0 bridgehead atoms. The first-order valence-corrected chi connectivity index (χ1v) is 22.9. The van der Waals surface area contributed by atoms with Crippen molar-refractivity contribution >= 4 is 13.8 Å². The average Bonchev–Trinajstić information content (AvgIpc) is 3.16. The number of hydrogen-bond acceptors (Lipinski definition) is 7. The highest BCUT2D eigenvalue weighted by molar-refractivity contribution is 7.47. The Morgan fingerprint density at radius 3 is 1.48 bits per heavy atom. The summed E-state index contributed by atoms with van der Waals surface area (Å²) < 4.78 is 33.3. The van der Waals surface area contributed by atoms with Crippen LogP contribution in [0.15, 0.2) is 72.9 Å². The molecule has 0 radical (unpaired) electrons. The molecule has 0 aliphatic heterocycles. The number of unbranched alkanes of at least 4 members (excludes halogenated alkanes) is 15. The van der Waals surface area contributed by atoms with E-state index < -0.39 is 13.9 Å². The lowest BCUT2D eigenvalue weighted by molar-refractivity contribution is -0.154. The normalized spacial score (nSPS) is 14.2. The van der Waals surface area contributed by atoms with Gasteiger partial charge in [-0.05, 0) is 57.8 Å². The molecule has 0 rings (SSSR count). The predicted octanol–water partition coefficient (Wildman–Crippen LogP) is 12.7. The maximum atomic E-state index is 12.6. The molecule has 0 aromatic rings. The van der Waals surface area contributed by atoms with Crippen molar-refractivity contribution in [3.8, 4) is 0 Å². The summed E-state index contributed by atoms with van der Waals surface area (Å²) in [5, 5.41) is 0. The molecule has 0 aromatic carbocycles. The smallest absolute Gasteiger partial charge is 0.457 e. The van der Waals surface area contributed by atoms with Crippen LogP contribution in [0.25, 0.3) is 0 Å². The van der Waals surface area contributed by atoms with E-state index in [4.69, 9.17) is 24.3 Å². The zero-order valence-corrected chi connectivity index (χ0v) is 35.3. The van der Waals surface area contributed by atoms with Gasteiger partial charge in [0.1, 0.15) is 6.10 Å². The molecular formula is C45H80NO7P. The number of carbonyl (C=O) groups excluding carboxylic acids is 1. The Hall–Kier alpha value is -2.06. The third-order valence-electron chi connectivity index (χ3n) is 8.64. The Kier molecular flexibility index (Phi) is 40.5. The van der Waals surface area contributed by atoms with Crippen molar-refractivity contribution in [2.45, 2.75) is 174 Å². The Morgan fingerprint density at radius 2 is 1.02 bits per heavy atom. The highest BCUT2D eigenvalue weighted by atomic mass is 31.2. The van der Waals surface area contributed by atoms with Gasteiger partial charge in [0.2, 0.25) is 0 Å². The lowest BCUT2D eigenvalue weighted by Crippen LogP contribution is -2.28. The second-order valence-corrected chi connectivity index (χ2v) is 15.3. The van der Waals surface area contributed by atoms with Crippen LogP contribution in [0.5, 0.6) is 0 Å². The highest BCUT2D eigenvalue weighted by Crippen LogP contribution is 2.43. The van der Waals surface area contributed by atoms with Crippen LogP contribution in [0, 0.1) is 0 Å². The van der Waals surface area contributed by atoms with E-state index in [1.165, 1.54) is 77.0 Å². The second-order valence-electron chi connectivity index (χ2n) is 13.8. The minimum atomic E-state index is -4.29. The third-order valence-corrected chi connectivity index (χ3v) is 9.62. The maximum Gasteiger partial charge on any atom is 0.472 e. The van der Waals surface area contributed by atoms with Crippen molar-refractivity contribution in [2.75, 3.05) is 33.0 Å². The van der Waals surface area contributed by atoms with Gasteiger partial charge >= 0.3 is 13.8 Å². The van der Waals surface area contributed by atoms with E-state index in [2.05, 4.69) is 86.8 Å². The second kappa shape index (κ2) is 42.1. The molecule has 0 spiro atoms. The van der Waals surface area contributed by atoms with Gasteiger partial charge in [-0.25, -0.2) is 4.57 Å². The topological polar surface area (TPSA) is 117 Å². The first-order chi connectivity index (χ1) is 26.4. The molecule has 0 aliphatic carbocycles. The van der Waals surface area contributed by atoms with Gasteiger partial charge in [0.05, 0.1) is 19.8 Å². The predicted molar refractivity (Wildman–Crippen MR) is 228 cm³/mol. The molecule has 0 aliphatic rings. The molecule has 0 aromatic heterocycles. The zero-order chi connectivity index (χ0) is 39.5. The van der Waals surface area contributed by atoms with E-state index >= 15 is 0 Å². The van der Waals surface area contributed by atoms with Gasteiger partial charge in [0.25, 0.3) is 0 Å². The van der Waals surface area contributed by atoms with Gasteiger partial charge in [-0.2, -0.15) is 0 Å². The van der Waals surface area contributed by atoms with Crippen molar-refractivity contribution in [3.63, 3.8) is 0 Å². The van der Waals surface area contributed by atoms with Gasteiger partial charge in [0.15, 0.2) is 0 Å². The molecule has 9 heteroatoms. The van der Waals surface area contributed by atoms with Crippen LogP contribution in [0.4, 0.5) is 0 Å². The number of rotatable bonds is 40. The minimum absolute atomic E-state index is 0.0746. The molecule has 0 fully saturated rings. The summed E-state index contributed by atoms with van der Waals surface area (Å²) in [4.78, 5) is 22.5. The largest absolute Gasteiger partial charge is 0.472 e. The molecule has 3 N–H and O–H groups in total. The average molecular weight is 778 g/mol. The van der Waals surface area contributed by atoms with E-state index in [-0.39, 0.29) is 32.3 Å². The summed E-state index contributed by atoms with van der Waals surface area (Å²) in [5.41, 5.74) is 5.36. The molecular weight excluding hydrogens is 697 g/mol. The van der Waals surface area contributed by atoms with Crippen LogP contribution < -0.4 is 5.73 Å². The first-order valence-electron chi connectivity index (χ1n) is 21.4. The van der Waals surface area contributed by atoms with E-state index in [0.717, 1.165) is 70.6 Å². The Labute approximate surface area is 331 Å². The number of phosphoric acid groups is 1. The number of allylic oxidation sites excluding steroid dienone is 12. The van der Waals surface area contributed by atoms with E-state index in [9.17, 15) is 14.3 Å². The molecule has 8 nitrogen and oxygen atoms in total. The van der Waals surface area contributed by atoms with Crippen molar-refractivity contribution in [3.05, 3.63) is 72.9 Å². The first kappa shape index (κ1) is 51.9. The van der Waals surface area contributed by atoms with E-state index in [0.29, 0.717) is 13.0 Å². The third kappa shape index (κ3) is 41.1. The van der Waals surface area contributed by atoms with Crippen LogP contribution in [-0.2, 0) is 27.9 Å². The SMILES string of the molecule is CC/C=C\C/C=C\C/C=C\C/C=C\C/C=C\C/C=C\CCCOCC(COP(=O)(O)OCCN)OC(=O)CCCCCCCCCCCCCCCCC. The summed E-state index contributed by atoms with van der Waals surface area (Å²) in [6, 6.07) is 0. The number of nitrogens with two attached hydrogens (primary N) is 1. The fourth-order valence-electron chi connectivity index (χ4n) is 5.54. The Balaban J connectivity index is 4.16. The minimum Gasteiger partial charge on any atom is -0.457 e. The summed E-state index contributed by atoms with van der Waals surface area (Å²) in [5.74, 6) is -0.351. The van der Waals surface area contributed by atoms with E-state index in [1.54, 1.807) is 0 Å². The Morgan fingerprint density at radius 1 is 0.574 bits per heavy atom. The fraction of sp³-hybridized carbons (Fsp3) is 0.711. The van der Waals surface area contributed by atoms with Gasteiger partial charge in [-0.15, -0.1) is 0 Å². The van der Waals surface area contributed by atoms with Gasteiger partial charge in [-0.1, -0.05) is 177 Å². The van der Waals surface area contributed by atoms with Crippen molar-refractivity contribution < 1.29 is 32.8 Å². The van der Waals surface area contributed by atoms with E-state index in [1.807, 2.05) is 0 Å². The summed E-state index contributed by atoms with van der Waals surface area (Å²) >= 11 is 0. The van der Waals surface area contributed by atoms with Gasteiger partial charge < -0.3 is 20.1 Å². The quantitative estimate of drug-likeness (QED) is 0.0273. The standard InChI is InChI=1S/C45H80NO7P/c1-3-5-7-9-11-13-15-17-19-20-21-22-23-25-27-29-31-33-35-37-40-50-42-44(43-52-54(48,49)51-41-39-46)53-45(47)38-36-34-32-30-28-26-24-18-16-14-12-10-8-6-4-2/h5,7,11,13,17,19,21-22,25,27,31,33,44H,3-4,6,8-10,12,14-16,18,20,23-24,26,28-30,32,34-43,46H2,1-2H3,(H,48,49)/b7-5-,13-11-,19-17-,22-21-,27-25-,33-31-. The molecule has 54 heavy (non-hydrogen) atoms. The lowest BCUT2D eigenvalue weighted by atomic mass is 10.0.